The van der Waals surface area contributed by atoms with Gasteiger partial charge in [-0.1, -0.05) is 83.9 Å². The highest BCUT2D eigenvalue weighted by atomic mass is 35.5. The number of amides is 2. The highest BCUT2D eigenvalue weighted by Gasteiger charge is 2.33. The highest BCUT2D eigenvalue weighted by molar-refractivity contribution is 7.92. The van der Waals surface area contributed by atoms with Gasteiger partial charge in [-0.25, -0.2) is 8.42 Å². The van der Waals surface area contributed by atoms with Crippen molar-refractivity contribution >= 4 is 50.7 Å². The lowest BCUT2D eigenvalue weighted by molar-refractivity contribution is -0.140. The minimum Gasteiger partial charge on any atom is -0.355 e. The Kier molecular flexibility index (Phi) is 9.97. The molecule has 0 fully saturated rings. The van der Waals surface area contributed by atoms with E-state index < -0.39 is 28.5 Å². The molecule has 10 heteroatoms. The maximum atomic E-state index is 13.9. The molecule has 0 unspecified atom stereocenters. The number of nitrogens with zero attached hydrogens (tertiary/aromatic N) is 2. The molecule has 196 valence electrons. The van der Waals surface area contributed by atoms with Crippen molar-refractivity contribution in [3.8, 4) is 0 Å². The lowest BCUT2D eigenvalue weighted by atomic mass is 10.0. The molecule has 0 aliphatic carbocycles. The van der Waals surface area contributed by atoms with Gasteiger partial charge in [0.15, 0.2) is 0 Å². The van der Waals surface area contributed by atoms with E-state index in [-0.39, 0.29) is 29.6 Å². The first kappa shape index (κ1) is 28.5. The Labute approximate surface area is 228 Å². The van der Waals surface area contributed by atoms with Crippen LogP contribution in [0.4, 0.5) is 5.69 Å². The fourth-order valence-corrected chi connectivity index (χ4v) is 5.33. The third-order valence-corrected chi connectivity index (χ3v) is 7.34. The smallest absolute Gasteiger partial charge is 0.244 e. The average Bonchev–Trinajstić information content (AvgIpc) is 2.86. The second-order valence-electron chi connectivity index (χ2n) is 8.47. The fourth-order valence-electron chi connectivity index (χ4n) is 3.90. The van der Waals surface area contributed by atoms with Crippen LogP contribution in [0, 0.1) is 0 Å². The van der Waals surface area contributed by atoms with Crippen molar-refractivity contribution in [3.05, 3.63) is 100 Å². The number of carbonyl (C=O) groups excluding carboxylic acids is 2. The maximum Gasteiger partial charge on any atom is 0.244 e. The Morgan fingerprint density at radius 2 is 1.51 bits per heavy atom. The zero-order chi connectivity index (χ0) is 27.0. The van der Waals surface area contributed by atoms with Crippen molar-refractivity contribution in [2.75, 3.05) is 23.7 Å². The Balaban J connectivity index is 2.04. The third kappa shape index (κ3) is 7.95. The standard InChI is InChI=1S/C27H29Cl2N3O4S/c1-3-30-27(34)25(16-20-10-6-4-7-11-20)31(18-21-12-8-5-9-13-21)26(33)19-32(37(2,35)36)24-15-14-22(28)17-23(24)29/h4-15,17,25H,3,16,18-19H2,1-2H3,(H,30,34)/t25-/m1/s1. The zero-order valence-electron chi connectivity index (χ0n) is 20.6. The molecule has 0 aromatic heterocycles. The van der Waals surface area contributed by atoms with E-state index in [1.807, 2.05) is 60.7 Å². The molecule has 1 atom stereocenters. The van der Waals surface area contributed by atoms with Crippen LogP contribution < -0.4 is 9.62 Å². The lowest BCUT2D eigenvalue weighted by Crippen LogP contribution is -2.53. The molecule has 0 radical (unpaired) electrons. The summed E-state index contributed by atoms with van der Waals surface area (Å²) in [6.45, 7) is 1.75. The molecular weight excluding hydrogens is 533 g/mol. The molecule has 0 bridgehead atoms. The van der Waals surface area contributed by atoms with Gasteiger partial charge in [-0.15, -0.1) is 0 Å². The summed E-state index contributed by atoms with van der Waals surface area (Å²) < 4.78 is 26.5. The van der Waals surface area contributed by atoms with E-state index in [1.165, 1.54) is 23.1 Å². The first-order valence-electron chi connectivity index (χ1n) is 11.7. The van der Waals surface area contributed by atoms with E-state index in [9.17, 15) is 18.0 Å². The Morgan fingerprint density at radius 1 is 0.919 bits per heavy atom. The molecule has 3 aromatic rings. The van der Waals surface area contributed by atoms with Crippen molar-refractivity contribution in [2.24, 2.45) is 0 Å². The van der Waals surface area contributed by atoms with E-state index in [1.54, 1.807) is 6.92 Å². The van der Waals surface area contributed by atoms with Gasteiger partial charge in [0.05, 0.1) is 17.0 Å². The minimum atomic E-state index is -3.91. The number of likely N-dealkylation sites (N-methyl/N-ethyl adjacent to an activating group) is 1. The third-order valence-electron chi connectivity index (χ3n) is 5.68. The molecule has 0 spiro atoms. The quantitative estimate of drug-likeness (QED) is 0.372. The normalized spacial score (nSPS) is 12.0. The summed E-state index contributed by atoms with van der Waals surface area (Å²) in [5.41, 5.74) is 1.79. The second kappa shape index (κ2) is 12.9. The van der Waals surface area contributed by atoms with Crippen LogP contribution in [0.2, 0.25) is 10.0 Å². The van der Waals surface area contributed by atoms with Crippen LogP contribution in [-0.4, -0.2) is 50.5 Å². The summed E-state index contributed by atoms with van der Waals surface area (Å²) in [6, 6.07) is 22.1. The summed E-state index contributed by atoms with van der Waals surface area (Å²) in [6.07, 6.45) is 1.25. The molecule has 0 heterocycles. The van der Waals surface area contributed by atoms with Gasteiger partial charge >= 0.3 is 0 Å². The Hall–Kier alpha value is -3.07. The number of rotatable bonds is 11. The van der Waals surface area contributed by atoms with Gasteiger partial charge < -0.3 is 10.2 Å². The first-order chi connectivity index (χ1) is 17.6. The van der Waals surface area contributed by atoms with Gasteiger partial charge in [-0.2, -0.15) is 0 Å². The molecule has 0 aliphatic heterocycles. The van der Waals surface area contributed by atoms with E-state index in [0.29, 0.717) is 11.6 Å². The number of hydrogen-bond donors (Lipinski definition) is 1. The van der Waals surface area contributed by atoms with Crippen LogP contribution in [0.5, 0.6) is 0 Å². The number of benzene rings is 3. The van der Waals surface area contributed by atoms with Crippen LogP contribution in [0.15, 0.2) is 78.9 Å². The van der Waals surface area contributed by atoms with Crippen LogP contribution >= 0.6 is 23.2 Å². The van der Waals surface area contributed by atoms with Gasteiger partial charge in [-0.3, -0.25) is 13.9 Å². The van der Waals surface area contributed by atoms with Crippen LogP contribution in [0.1, 0.15) is 18.1 Å². The Bertz CT molecular complexity index is 1320. The number of halogens is 2. The molecule has 2 amide bonds. The predicted octanol–water partition coefficient (Wildman–Crippen LogP) is 4.54. The number of hydrogen-bond acceptors (Lipinski definition) is 4. The van der Waals surface area contributed by atoms with Crippen molar-refractivity contribution in [3.63, 3.8) is 0 Å². The minimum absolute atomic E-state index is 0.0879. The number of sulfonamides is 1. The molecule has 3 aromatic carbocycles. The molecule has 0 aliphatic rings. The van der Waals surface area contributed by atoms with E-state index in [2.05, 4.69) is 5.32 Å². The van der Waals surface area contributed by atoms with Gasteiger partial charge in [0.1, 0.15) is 12.6 Å². The fraction of sp³-hybridized carbons (Fsp3) is 0.259. The lowest BCUT2D eigenvalue weighted by Gasteiger charge is -2.33. The topological polar surface area (TPSA) is 86.8 Å². The van der Waals surface area contributed by atoms with Crippen LogP contribution in [-0.2, 0) is 32.6 Å². The molecule has 7 nitrogen and oxygen atoms in total. The van der Waals surface area contributed by atoms with Gasteiger partial charge in [0.25, 0.3) is 0 Å². The summed E-state index contributed by atoms with van der Waals surface area (Å²) >= 11 is 12.3. The summed E-state index contributed by atoms with van der Waals surface area (Å²) in [7, 11) is -3.91. The highest BCUT2D eigenvalue weighted by Crippen LogP contribution is 2.30. The predicted molar refractivity (Wildman–Crippen MR) is 148 cm³/mol. The molecule has 3 rings (SSSR count). The van der Waals surface area contributed by atoms with Crippen molar-refractivity contribution in [1.82, 2.24) is 10.2 Å². The van der Waals surface area contributed by atoms with Crippen molar-refractivity contribution in [1.29, 1.82) is 0 Å². The molecule has 1 N–H and O–H groups in total. The second-order valence-corrected chi connectivity index (χ2v) is 11.2. The van der Waals surface area contributed by atoms with E-state index >= 15 is 0 Å². The monoisotopic (exact) mass is 561 g/mol. The van der Waals surface area contributed by atoms with E-state index in [0.717, 1.165) is 21.7 Å². The summed E-state index contributed by atoms with van der Waals surface area (Å²) in [5.74, 6) is -0.876. The van der Waals surface area contributed by atoms with Crippen LogP contribution in [0.25, 0.3) is 0 Å². The van der Waals surface area contributed by atoms with E-state index in [4.69, 9.17) is 23.2 Å². The molecule has 0 saturated carbocycles. The maximum absolute atomic E-state index is 13.9. The van der Waals surface area contributed by atoms with Crippen molar-refractivity contribution < 1.29 is 18.0 Å². The van der Waals surface area contributed by atoms with Crippen molar-refractivity contribution in [2.45, 2.75) is 25.9 Å². The van der Waals surface area contributed by atoms with Gasteiger partial charge in [0.2, 0.25) is 21.8 Å². The molecule has 37 heavy (non-hydrogen) atoms. The summed E-state index contributed by atoms with van der Waals surface area (Å²) in [5, 5.41) is 3.24. The SMILES string of the molecule is CCNC(=O)[C@@H](Cc1ccccc1)N(Cc1ccccc1)C(=O)CN(c1ccc(Cl)cc1Cl)S(C)(=O)=O. The Morgan fingerprint density at radius 3 is 2.05 bits per heavy atom. The van der Waals surface area contributed by atoms with Gasteiger partial charge in [0, 0.05) is 24.5 Å². The number of nitrogens with one attached hydrogen (secondary N) is 1. The number of anilines is 1. The first-order valence-corrected chi connectivity index (χ1v) is 14.3. The largest absolute Gasteiger partial charge is 0.355 e. The number of carbonyl (C=O) groups is 2. The molecule has 0 saturated heterocycles. The molecular formula is C27H29Cl2N3O4S. The van der Waals surface area contributed by atoms with Crippen LogP contribution in [0.3, 0.4) is 0 Å². The summed E-state index contributed by atoms with van der Waals surface area (Å²) in [4.78, 5) is 28.5. The average molecular weight is 563 g/mol. The van der Waals surface area contributed by atoms with Gasteiger partial charge in [-0.05, 0) is 36.2 Å². The zero-order valence-corrected chi connectivity index (χ0v) is 22.9.